The Kier molecular flexibility index (Phi) is 6.40. The first-order valence-electron chi connectivity index (χ1n) is 10.6. The number of carbonyl (C=O) groups excluding carboxylic acids is 1. The molecule has 7 nitrogen and oxygen atoms in total. The minimum atomic E-state index is -0.423. The highest BCUT2D eigenvalue weighted by atomic mass is 16.6. The van der Waals surface area contributed by atoms with Crippen LogP contribution in [0.5, 0.6) is 0 Å². The van der Waals surface area contributed by atoms with Crippen molar-refractivity contribution in [3.05, 3.63) is 69.8 Å². The molecule has 0 saturated carbocycles. The Labute approximate surface area is 176 Å². The molecule has 2 aromatic rings. The summed E-state index contributed by atoms with van der Waals surface area (Å²) in [5, 5.41) is 15.0. The molecular formula is C23H27N3O4. The molecule has 0 radical (unpaired) electrons. The molecule has 2 aromatic carbocycles. The van der Waals surface area contributed by atoms with Crippen molar-refractivity contribution in [2.75, 3.05) is 38.2 Å². The van der Waals surface area contributed by atoms with Crippen molar-refractivity contribution in [3.8, 4) is 0 Å². The van der Waals surface area contributed by atoms with Gasteiger partial charge in [0, 0.05) is 42.3 Å². The highest BCUT2D eigenvalue weighted by molar-refractivity contribution is 6.09. The molecule has 2 fully saturated rings. The van der Waals surface area contributed by atoms with Crippen LogP contribution in [0.15, 0.2) is 48.5 Å². The van der Waals surface area contributed by atoms with Gasteiger partial charge in [-0.05, 0) is 44.5 Å². The molecule has 0 amide bonds. The number of nitrogens with zero attached hydrogens (tertiary/aromatic N) is 2. The van der Waals surface area contributed by atoms with Crippen LogP contribution in [0.3, 0.4) is 0 Å². The predicted octanol–water partition coefficient (Wildman–Crippen LogP) is 3.74. The van der Waals surface area contributed by atoms with E-state index in [2.05, 4.69) is 10.2 Å². The van der Waals surface area contributed by atoms with Gasteiger partial charge >= 0.3 is 0 Å². The quantitative estimate of drug-likeness (QED) is 0.406. The smallest absolute Gasteiger partial charge is 0.293 e. The van der Waals surface area contributed by atoms with E-state index >= 15 is 0 Å². The lowest BCUT2D eigenvalue weighted by Gasteiger charge is -2.32. The van der Waals surface area contributed by atoms with Gasteiger partial charge in [0.2, 0.25) is 0 Å². The predicted molar refractivity (Wildman–Crippen MR) is 115 cm³/mol. The molecule has 7 heteroatoms. The highest BCUT2D eigenvalue weighted by Gasteiger charge is 2.32. The van der Waals surface area contributed by atoms with E-state index in [9.17, 15) is 14.9 Å². The van der Waals surface area contributed by atoms with Crippen LogP contribution in [0, 0.1) is 16.0 Å². The maximum atomic E-state index is 12.7. The summed E-state index contributed by atoms with van der Waals surface area (Å²) in [4.78, 5) is 26.5. The maximum Gasteiger partial charge on any atom is 0.293 e. The molecule has 4 rings (SSSR count). The number of anilines is 1. The van der Waals surface area contributed by atoms with Crippen LogP contribution in [-0.4, -0.2) is 54.5 Å². The Balaban J connectivity index is 1.52. The zero-order chi connectivity index (χ0) is 20.9. The van der Waals surface area contributed by atoms with Gasteiger partial charge in [-0.15, -0.1) is 0 Å². The summed E-state index contributed by atoms with van der Waals surface area (Å²) in [6.07, 6.45) is 3.41. The average Bonchev–Trinajstić information content (AvgIpc) is 3.49. The van der Waals surface area contributed by atoms with E-state index in [1.807, 2.05) is 6.07 Å². The molecule has 2 atom stereocenters. The van der Waals surface area contributed by atoms with Crippen molar-refractivity contribution < 1.29 is 14.5 Å². The Morgan fingerprint density at radius 2 is 1.93 bits per heavy atom. The van der Waals surface area contributed by atoms with Gasteiger partial charge in [0.05, 0.1) is 11.5 Å². The van der Waals surface area contributed by atoms with Crippen LogP contribution in [0.2, 0.25) is 0 Å². The number of rotatable bonds is 8. The van der Waals surface area contributed by atoms with E-state index in [0.717, 1.165) is 32.7 Å². The molecule has 2 heterocycles. The summed E-state index contributed by atoms with van der Waals surface area (Å²) in [6, 6.07) is 13.8. The molecule has 0 aliphatic carbocycles. The monoisotopic (exact) mass is 409 g/mol. The minimum Gasteiger partial charge on any atom is -0.381 e. The van der Waals surface area contributed by atoms with Crippen LogP contribution in [0.1, 0.15) is 35.2 Å². The Hall–Kier alpha value is -2.77. The van der Waals surface area contributed by atoms with E-state index in [1.165, 1.54) is 18.9 Å². The van der Waals surface area contributed by atoms with Crippen LogP contribution >= 0.6 is 0 Å². The Morgan fingerprint density at radius 3 is 2.60 bits per heavy atom. The van der Waals surface area contributed by atoms with Crippen LogP contribution < -0.4 is 5.32 Å². The zero-order valence-corrected chi connectivity index (χ0v) is 17.0. The lowest BCUT2D eigenvalue weighted by atomic mass is 9.97. The summed E-state index contributed by atoms with van der Waals surface area (Å²) in [7, 11) is 0. The first-order chi connectivity index (χ1) is 14.6. The van der Waals surface area contributed by atoms with Gasteiger partial charge in [-0.3, -0.25) is 19.8 Å². The van der Waals surface area contributed by atoms with Gasteiger partial charge in [-0.25, -0.2) is 0 Å². The number of benzene rings is 2. The van der Waals surface area contributed by atoms with Crippen molar-refractivity contribution in [2.45, 2.75) is 25.3 Å². The standard InChI is InChI=1S/C23H27N3O4/c27-23(17-6-2-1-3-7-17)18-8-9-20(21(14-18)26(28)29)24-15-22(19-10-13-30-16-19)25-11-4-5-12-25/h1-3,6-9,14,19,22,24H,4-5,10-13,15-16H2/t19-,22-/m1/s1. The van der Waals surface area contributed by atoms with E-state index in [1.54, 1.807) is 36.4 Å². The van der Waals surface area contributed by atoms with Crippen LogP contribution in [-0.2, 0) is 4.74 Å². The van der Waals surface area contributed by atoms with Gasteiger partial charge in [0.15, 0.2) is 5.78 Å². The Morgan fingerprint density at radius 1 is 1.17 bits per heavy atom. The highest BCUT2D eigenvalue weighted by Crippen LogP contribution is 2.29. The first kappa shape index (κ1) is 20.5. The molecule has 0 spiro atoms. The molecule has 158 valence electrons. The fourth-order valence-electron chi connectivity index (χ4n) is 4.47. The third-order valence-corrected chi connectivity index (χ3v) is 6.11. The van der Waals surface area contributed by atoms with E-state index in [0.29, 0.717) is 35.3 Å². The number of nitrogens with one attached hydrogen (secondary N) is 1. The summed E-state index contributed by atoms with van der Waals surface area (Å²) in [6.45, 7) is 4.28. The van der Waals surface area contributed by atoms with Gasteiger partial charge in [-0.2, -0.15) is 0 Å². The number of ketones is 1. The molecule has 2 aliphatic rings. The number of nitro benzene ring substituents is 1. The average molecular weight is 409 g/mol. The molecule has 0 unspecified atom stereocenters. The second-order valence-electron chi connectivity index (χ2n) is 8.00. The fourth-order valence-corrected chi connectivity index (χ4v) is 4.47. The lowest BCUT2D eigenvalue weighted by molar-refractivity contribution is -0.384. The first-order valence-corrected chi connectivity index (χ1v) is 10.6. The lowest BCUT2D eigenvalue weighted by Crippen LogP contribution is -2.44. The molecule has 2 aliphatic heterocycles. The Bertz CT molecular complexity index is 875. The summed E-state index contributed by atoms with van der Waals surface area (Å²) >= 11 is 0. The van der Waals surface area contributed by atoms with Crippen molar-refractivity contribution in [3.63, 3.8) is 0 Å². The summed E-state index contributed by atoms with van der Waals surface area (Å²) < 4.78 is 5.60. The molecule has 30 heavy (non-hydrogen) atoms. The number of likely N-dealkylation sites (tertiary alicyclic amines) is 1. The number of hydrogen-bond acceptors (Lipinski definition) is 6. The van der Waals surface area contributed by atoms with Gasteiger partial charge in [0.25, 0.3) is 5.69 Å². The second kappa shape index (κ2) is 9.36. The van der Waals surface area contributed by atoms with E-state index < -0.39 is 4.92 Å². The minimum absolute atomic E-state index is 0.0698. The maximum absolute atomic E-state index is 12.7. The number of hydrogen-bond donors (Lipinski definition) is 1. The van der Waals surface area contributed by atoms with Gasteiger partial charge in [-0.1, -0.05) is 30.3 Å². The van der Waals surface area contributed by atoms with Crippen LogP contribution in [0.25, 0.3) is 0 Å². The van der Waals surface area contributed by atoms with Crippen molar-refractivity contribution in [1.82, 2.24) is 4.90 Å². The third-order valence-electron chi connectivity index (χ3n) is 6.11. The van der Waals surface area contributed by atoms with E-state index in [4.69, 9.17) is 4.74 Å². The normalized spacial score (nSPS) is 20.2. The molecule has 1 N–H and O–H groups in total. The summed E-state index contributed by atoms with van der Waals surface area (Å²) in [5.41, 5.74) is 1.22. The van der Waals surface area contributed by atoms with Gasteiger partial charge < -0.3 is 10.1 Å². The zero-order valence-electron chi connectivity index (χ0n) is 17.0. The second-order valence-corrected chi connectivity index (χ2v) is 8.00. The molecule has 0 aromatic heterocycles. The van der Waals surface area contributed by atoms with Crippen molar-refractivity contribution in [2.24, 2.45) is 5.92 Å². The summed E-state index contributed by atoms with van der Waals surface area (Å²) in [5.74, 6) is 0.219. The molecule has 2 saturated heterocycles. The van der Waals surface area contributed by atoms with E-state index in [-0.39, 0.29) is 11.5 Å². The largest absolute Gasteiger partial charge is 0.381 e. The molecule has 0 bridgehead atoms. The number of nitro groups is 1. The van der Waals surface area contributed by atoms with Crippen LogP contribution in [0.4, 0.5) is 11.4 Å². The number of ether oxygens (including phenoxy) is 1. The fraction of sp³-hybridized carbons (Fsp3) is 0.435. The SMILES string of the molecule is O=C(c1ccccc1)c1ccc(NC[C@H]([C@@H]2CCOC2)N2CCCC2)c([N+](=O)[O-])c1. The number of carbonyl (C=O) groups is 1. The molecular weight excluding hydrogens is 382 g/mol. The topological polar surface area (TPSA) is 84.7 Å². The van der Waals surface area contributed by atoms with Crippen molar-refractivity contribution in [1.29, 1.82) is 0 Å². The third kappa shape index (κ3) is 4.52. The van der Waals surface area contributed by atoms with Gasteiger partial charge in [0.1, 0.15) is 5.69 Å². The van der Waals surface area contributed by atoms with Crippen molar-refractivity contribution >= 4 is 17.2 Å².